The first-order valence-electron chi connectivity index (χ1n) is 6.47. The molecular weight excluding hydrogens is 262 g/mol. The van der Waals surface area contributed by atoms with E-state index in [-0.39, 0.29) is 19.3 Å². The number of hydrogen-bond donors (Lipinski definition) is 1. The van der Waals surface area contributed by atoms with Gasteiger partial charge in [0.25, 0.3) is 0 Å². The predicted octanol–water partition coefficient (Wildman–Crippen LogP) is 1.43. The Balaban J connectivity index is 2.31. The summed E-state index contributed by atoms with van der Waals surface area (Å²) in [6.07, 6.45) is 0.519. The van der Waals surface area contributed by atoms with Crippen molar-refractivity contribution < 1.29 is 19.1 Å². The predicted molar refractivity (Wildman–Crippen MR) is 72.2 cm³/mol. The molecule has 0 aliphatic carbocycles. The van der Waals surface area contributed by atoms with Crippen LogP contribution >= 0.6 is 0 Å². The highest BCUT2D eigenvalue weighted by molar-refractivity contribution is 5.77. The quantitative estimate of drug-likeness (QED) is 0.837. The van der Waals surface area contributed by atoms with Gasteiger partial charge in [0, 0.05) is 0 Å². The van der Waals surface area contributed by atoms with Crippen molar-refractivity contribution in [2.45, 2.75) is 39.5 Å². The van der Waals surface area contributed by atoms with Crippen molar-refractivity contribution in [3.8, 4) is 0 Å². The average molecular weight is 279 g/mol. The van der Waals surface area contributed by atoms with Gasteiger partial charge in [0.05, 0.1) is 18.2 Å². The number of hydrogen-bond acceptors (Lipinski definition) is 5. The Morgan fingerprint density at radius 2 is 2.25 bits per heavy atom. The summed E-state index contributed by atoms with van der Waals surface area (Å²) >= 11 is 0. The SMILES string of the molecule is CCC(C)OC(=O)Cn1c(=O)oc2ccc(CO)cc21. The highest BCUT2D eigenvalue weighted by Crippen LogP contribution is 2.15. The third-order valence-corrected chi connectivity index (χ3v) is 3.11. The maximum Gasteiger partial charge on any atom is 0.420 e. The van der Waals surface area contributed by atoms with Gasteiger partial charge in [-0.15, -0.1) is 0 Å². The van der Waals surface area contributed by atoms with Gasteiger partial charge in [-0.05, 0) is 31.0 Å². The highest BCUT2D eigenvalue weighted by Gasteiger charge is 2.15. The van der Waals surface area contributed by atoms with Gasteiger partial charge in [0.2, 0.25) is 0 Å². The van der Waals surface area contributed by atoms with Crippen LogP contribution in [0.25, 0.3) is 11.1 Å². The Kier molecular flexibility index (Phi) is 4.24. The zero-order valence-electron chi connectivity index (χ0n) is 11.5. The Morgan fingerprint density at radius 3 is 2.90 bits per heavy atom. The largest absolute Gasteiger partial charge is 0.461 e. The van der Waals surface area contributed by atoms with Crippen LogP contribution in [0.1, 0.15) is 25.8 Å². The van der Waals surface area contributed by atoms with Crippen molar-refractivity contribution in [3.05, 3.63) is 34.3 Å². The summed E-state index contributed by atoms with van der Waals surface area (Å²) in [5.74, 6) is -1.10. The third kappa shape index (κ3) is 2.91. The van der Waals surface area contributed by atoms with Crippen molar-refractivity contribution in [3.63, 3.8) is 0 Å². The molecule has 0 aliphatic heterocycles. The van der Waals surface area contributed by atoms with Gasteiger partial charge in [0.1, 0.15) is 6.54 Å². The number of aliphatic hydroxyl groups is 1. The number of esters is 1. The Morgan fingerprint density at radius 1 is 1.50 bits per heavy atom. The van der Waals surface area contributed by atoms with Crippen LogP contribution in [0.3, 0.4) is 0 Å². The molecule has 108 valence electrons. The van der Waals surface area contributed by atoms with Crippen LogP contribution in [-0.2, 0) is 22.7 Å². The minimum atomic E-state index is -0.615. The van der Waals surface area contributed by atoms with Crippen LogP contribution in [0, 0.1) is 0 Å². The van der Waals surface area contributed by atoms with Gasteiger partial charge in [-0.2, -0.15) is 0 Å². The molecule has 2 aromatic rings. The first-order valence-corrected chi connectivity index (χ1v) is 6.47. The molecule has 1 aromatic heterocycles. The molecule has 20 heavy (non-hydrogen) atoms. The summed E-state index contributed by atoms with van der Waals surface area (Å²) in [6.45, 7) is 3.35. The number of carbonyl (C=O) groups is 1. The summed E-state index contributed by atoms with van der Waals surface area (Å²) in [6, 6.07) is 4.88. The zero-order valence-corrected chi connectivity index (χ0v) is 11.5. The maximum atomic E-state index is 11.8. The molecular formula is C14H17NO5. The third-order valence-electron chi connectivity index (χ3n) is 3.11. The van der Waals surface area contributed by atoms with E-state index in [0.29, 0.717) is 23.1 Å². The number of benzene rings is 1. The monoisotopic (exact) mass is 279 g/mol. The number of oxazole rings is 1. The van der Waals surface area contributed by atoms with E-state index in [0.717, 1.165) is 0 Å². The molecule has 1 atom stereocenters. The van der Waals surface area contributed by atoms with E-state index >= 15 is 0 Å². The number of aliphatic hydroxyl groups excluding tert-OH is 1. The molecule has 0 radical (unpaired) electrons. The fourth-order valence-corrected chi connectivity index (χ4v) is 1.83. The standard InChI is InChI=1S/C14H17NO5/c1-3-9(2)19-13(17)7-15-11-6-10(8-16)4-5-12(11)20-14(15)18/h4-6,9,16H,3,7-8H2,1-2H3. The van der Waals surface area contributed by atoms with Crippen LogP contribution in [0.5, 0.6) is 0 Å². The average Bonchev–Trinajstić information content (AvgIpc) is 2.74. The number of fused-ring (bicyclic) bond motifs is 1. The maximum absolute atomic E-state index is 11.8. The molecule has 6 heteroatoms. The molecule has 0 amide bonds. The van der Waals surface area contributed by atoms with E-state index in [9.17, 15) is 9.59 Å². The Bertz CT molecular complexity index is 670. The first kappa shape index (κ1) is 14.3. The first-order chi connectivity index (χ1) is 9.55. The van der Waals surface area contributed by atoms with Crippen LogP contribution in [0.15, 0.2) is 27.4 Å². The molecule has 0 fully saturated rings. The van der Waals surface area contributed by atoms with Gasteiger partial charge in [-0.3, -0.25) is 9.36 Å². The lowest BCUT2D eigenvalue weighted by Crippen LogP contribution is -2.24. The zero-order chi connectivity index (χ0) is 14.7. The second-order valence-corrected chi connectivity index (χ2v) is 4.62. The number of carbonyl (C=O) groups excluding carboxylic acids is 1. The van der Waals surface area contributed by atoms with Crippen LogP contribution in [-0.4, -0.2) is 21.7 Å². The van der Waals surface area contributed by atoms with Crippen molar-refractivity contribution >= 4 is 17.1 Å². The number of ether oxygens (including phenoxy) is 1. The van der Waals surface area contributed by atoms with E-state index < -0.39 is 11.7 Å². The van der Waals surface area contributed by atoms with Crippen LogP contribution in [0.2, 0.25) is 0 Å². The van der Waals surface area contributed by atoms with E-state index in [1.165, 1.54) is 4.57 Å². The molecule has 1 N–H and O–H groups in total. The normalized spacial score (nSPS) is 12.6. The summed E-state index contributed by atoms with van der Waals surface area (Å²) in [7, 11) is 0. The molecule has 1 unspecified atom stereocenters. The second kappa shape index (κ2) is 5.92. The Hall–Kier alpha value is -2.08. The smallest absolute Gasteiger partial charge is 0.420 e. The molecule has 0 bridgehead atoms. The summed E-state index contributed by atoms with van der Waals surface area (Å²) in [5, 5.41) is 9.12. The van der Waals surface area contributed by atoms with Gasteiger partial charge >= 0.3 is 11.7 Å². The van der Waals surface area contributed by atoms with Gasteiger partial charge < -0.3 is 14.3 Å². The van der Waals surface area contributed by atoms with Gasteiger partial charge in [0.15, 0.2) is 5.58 Å². The Labute approximate surface area is 115 Å². The fourth-order valence-electron chi connectivity index (χ4n) is 1.83. The second-order valence-electron chi connectivity index (χ2n) is 4.62. The number of rotatable bonds is 5. The van der Waals surface area contributed by atoms with Crippen LogP contribution < -0.4 is 5.76 Å². The summed E-state index contributed by atoms with van der Waals surface area (Å²) in [4.78, 5) is 23.5. The fraction of sp³-hybridized carbons (Fsp3) is 0.429. The van der Waals surface area contributed by atoms with E-state index in [4.69, 9.17) is 14.3 Å². The van der Waals surface area contributed by atoms with E-state index in [1.54, 1.807) is 25.1 Å². The number of aromatic nitrogens is 1. The van der Waals surface area contributed by atoms with Gasteiger partial charge in [-0.25, -0.2) is 4.79 Å². The molecule has 2 rings (SSSR count). The van der Waals surface area contributed by atoms with Crippen molar-refractivity contribution in [1.29, 1.82) is 0 Å². The summed E-state index contributed by atoms with van der Waals surface area (Å²) in [5.41, 5.74) is 1.49. The lowest BCUT2D eigenvalue weighted by Gasteiger charge is -2.10. The number of nitrogens with zero attached hydrogens (tertiary/aromatic N) is 1. The molecule has 6 nitrogen and oxygen atoms in total. The van der Waals surface area contributed by atoms with Crippen molar-refractivity contribution in [2.75, 3.05) is 0 Å². The molecule has 1 aromatic carbocycles. The molecule has 0 saturated carbocycles. The highest BCUT2D eigenvalue weighted by atomic mass is 16.5. The lowest BCUT2D eigenvalue weighted by molar-refractivity contribution is -0.149. The summed E-state index contributed by atoms with van der Waals surface area (Å²) < 4.78 is 11.4. The minimum Gasteiger partial charge on any atom is -0.461 e. The van der Waals surface area contributed by atoms with Crippen molar-refractivity contribution in [2.24, 2.45) is 0 Å². The van der Waals surface area contributed by atoms with Gasteiger partial charge in [-0.1, -0.05) is 13.0 Å². The van der Waals surface area contributed by atoms with Crippen LogP contribution in [0.4, 0.5) is 0 Å². The lowest BCUT2D eigenvalue weighted by atomic mass is 10.2. The van der Waals surface area contributed by atoms with Crippen molar-refractivity contribution in [1.82, 2.24) is 4.57 Å². The molecule has 0 saturated heterocycles. The molecule has 1 heterocycles. The van der Waals surface area contributed by atoms with E-state index in [2.05, 4.69) is 0 Å². The minimum absolute atomic E-state index is 0.146. The molecule has 0 spiro atoms. The van der Waals surface area contributed by atoms with E-state index in [1.807, 2.05) is 6.92 Å². The topological polar surface area (TPSA) is 81.7 Å². The molecule has 0 aliphatic rings.